The molecule has 0 atom stereocenters. The number of hydrogen-bond donors (Lipinski definition) is 2. The highest BCUT2D eigenvalue weighted by Crippen LogP contribution is 2.15. The zero-order chi connectivity index (χ0) is 10.4. The third kappa shape index (κ3) is 3.71. The van der Waals surface area contributed by atoms with Gasteiger partial charge in [-0.05, 0) is 22.0 Å². The second-order valence-corrected chi connectivity index (χ2v) is 3.42. The first-order valence-electron chi connectivity index (χ1n) is 3.95. The summed E-state index contributed by atoms with van der Waals surface area (Å²) in [6, 6.07) is 1.77. The summed E-state index contributed by atoms with van der Waals surface area (Å²) in [5.41, 5.74) is 2.02. The first kappa shape index (κ1) is 10.9. The van der Waals surface area contributed by atoms with Crippen LogP contribution in [0, 0.1) is 0 Å². The van der Waals surface area contributed by atoms with Crippen molar-refractivity contribution in [3.8, 4) is 5.75 Å². The fraction of sp³-hybridized carbons (Fsp3) is 0.250. The number of halogens is 1. The van der Waals surface area contributed by atoms with Gasteiger partial charge in [0.15, 0.2) is 0 Å². The van der Waals surface area contributed by atoms with Crippen molar-refractivity contribution in [3.05, 3.63) is 22.9 Å². The van der Waals surface area contributed by atoms with E-state index in [2.05, 4.69) is 20.9 Å². The Bertz CT molecular complexity index is 319. The predicted molar refractivity (Wildman–Crippen MR) is 54.4 cm³/mol. The second kappa shape index (κ2) is 5.56. The fourth-order valence-electron chi connectivity index (χ4n) is 0.805. The number of carbonyl (C=O) groups is 1. The number of nitrogens with two attached hydrogens (primary N) is 1. The Morgan fingerprint density at radius 3 is 3.07 bits per heavy atom. The SMILES string of the molecule is NNC(=O)CCOc1cncc(Br)c1. The number of ether oxygens (including phenoxy) is 1. The van der Waals surface area contributed by atoms with Crippen LogP contribution in [0.2, 0.25) is 0 Å². The molecular weight excluding hydrogens is 250 g/mol. The fourth-order valence-corrected chi connectivity index (χ4v) is 1.15. The Balaban J connectivity index is 2.35. The van der Waals surface area contributed by atoms with Crippen LogP contribution >= 0.6 is 15.9 Å². The van der Waals surface area contributed by atoms with Gasteiger partial charge >= 0.3 is 0 Å². The van der Waals surface area contributed by atoms with Gasteiger partial charge in [-0.2, -0.15) is 0 Å². The van der Waals surface area contributed by atoms with Gasteiger partial charge in [0.05, 0.1) is 19.2 Å². The second-order valence-electron chi connectivity index (χ2n) is 2.50. The van der Waals surface area contributed by atoms with Crippen molar-refractivity contribution in [2.24, 2.45) is 5.84 Å². The summed E-state index contributed by atoms with van der Waals surface area (Å²) in [6.07, 6.45) is 3.45. The van der Waals surface area contributed by atoms with Crippen LogP contribution in [0.15, 0.2) is 22.9 Å². The average Bonchev–Trinajstić information content (AvgIpc) is 2.17. The maximum atomic E-state index is 10.7. The summed E-state index contributed by atoms with van der Waals surface area (Å²) in [7, 11) is 0. The summed E-state index contributed by atoms with van der Waals surface area (Å²) in [5, 5.41) is 0. The molecule has 0 aliphatic rings. The maximum absolute atomic E-state index is 10.7. The molecule has 1 amide bonds. The third-order valence-electron chi connectivity index (χ3n) is 1.44. The summed E-state index contributed by atoms with van der Waals surface area (Å²) in [4.78, 5) is 14.6. The highest BCUT2D eigenvalue weighted by molar-refractivity contribution is 9.10. The monoisotopic (exact) mass is 259 g/mol. The predicted octanol–water partition coefficient (Wildman–Crippen LogP) is 0.603. The molecule has 3 N–H and O–H groups in total. The van der Waals surface area contributed by atoms with Crippen LogP contribution in [0.3, 0.4) is 0 Å². The first-order chi connectivity index (χ1) is 6.72. The van der Waals surface area contributed by atoms with Gasteiger partial charge in [0.1, 0.15) is 5.75 Å². The standard InChI is InChI=1S/C8H10BrN3O2/c9-6-3-7(5-11-4-6)14-2-1-8(13)12-10/h3-5H,1-2,10H2,(H,12,13). The van der Waals surface area contributed by atoms with E-state index in [-0.39, 0.29) is 18.9 Å². The lowest BCUT2D eigenvalue weighted by Crippen LogP contribution is -2.31. The minimum absolute atomic E-state index is 0.225. The molecule has 1 aromatic rings. The Hall–Kier alpha value is -1.14. The molecule has 0 spiro atoms. The van der Waals surface area contributed by atoms with Gasteiger partial charge < -0.3 is 4.74 Å². The van der Waals surface area contributed by atoms with E-state index in [9.17, 15) is 4.79 Å². The van der Waals surface area contributed by atoms with E-state index in [1.807, 2.05) is 5.43 Å². The zero-order valence-electron chi connectivity index (χ0n) is 7.37. The van der Waals surface area contributed by atoms with E-state index in [1.165, 1.54) is 0 Å². The molecule has 1 heterocycles. The number of carbonyl (C=O) groups excluding carboxylic acids is 1. The molecular formula is C8H10BrN3O2. The summed E-state index contributed by atoms with van der Waals surface area (Å²) in [6.45, 7) is 0.279. The van der Waals surface area contributed by atoms with Gasteiger partial charge in [0.25, 0.3) is 0 Å². The topological polar surface area (TPSA) is 77.2 Å². The molecule has 1 rings (SSSR count). The van der Waals surface area contributed by atoms with Crippen LogP contribution in [0.1, 0.15) is 6.42 Å². The van der Waals surface area contributed by atoms with Gasteiger partial charge in [-0.15, -0.1) is 0 Å². The molecule has 0 fully saturated rings. The average molecular weight is 260 g/mol. The highest BCUT2D eigenvalue weighted by atomic mass is 79.9. The lowest BCUT2D eigenvalue weighted by Gasteiger charge is -2.04. The number of aromatic nitrogens is 1. The Morgan fingerprint density at radius 1 is 1.64 bits per heavy atom. The lowest BCUT2D eigenvalue weighted by molar-refractivity contribution is -0.121. The van der Waals surface area contributed by atoms with Crippen LogP contribution in [0.5, 0.6) is 5.75 Å². The number of pyridine rings is 1. The molecule has 0 bridgehead atoms. The van der Waals surface area contributed by atoms with E-state index in [4.69, 9.17) is 10.6 Å². The van der Waals surface area contributed by atoms with Gasteiger partial charge in [-0.3, -0.25) is 15.2 Å². The molecule has 1 aromatic heterocycles. The van der Waals surface area contributed by atoms with E-state index in [0.29, 0.717) is 5.75 Å². The summed E-state index contributed by atoms with van der Waals surface area (Å²) >= 11 is 3.25. The van der Waals surface area contributed by atoms with Gasteiger partial charge in [0, 0.05) is 10.7 Å². The number of hydrogen-bond acceptors (Lipinski definition) is 4. The maximum Gasteiger partial charge on any atom is 0.237 e. The molecule has 6 heteroatoms. The van der Waals surface area contributed by atoms with Crippen LogP contribution in [0.25, 0.3) is 0 Å². The van der Waals surface area contributed by atoms with E-state index in [1.54, 1.807) is 18.5 Å². The molecule has 0 aliphatic heterocycles. The first-order valence-corrected chi connectivity index (χ1v) is 4.74. The Labute approximate surface area is 89.7 Å². The molecule has 0 aliphatic carbocycles. The smallest absolute Gasteiger partial charge is 0.237 e. The minimum atomic E-state index is -0.257. The summed E-state index contributed by atoms with van der Waals surface area (Å²) in [5.74, 6) is 5.26. The van der Waals surface area contributed by atoms with Gasteiger partial charge in [-0.25, -0.2) is 5.84 Å². The van der Waals surface area contributed by atoms with E-state index >= 15 is 0 Å². The van der Waals surface area contributed by atoms with Crippen molar-refractivity contribution in [1.82, 2.24) is 10.4 Å². The third-order valence-corrected chi connectivity index (χ3v) is 1.87. The number of rotatable bonds is 4. The lowest BCUT2D eigenvalue weighted by atomic mass is 10.4. The van der Waals surface area contributed by atoms with Gasteiger partial charge in [0.2, 0.25) is 5.91 Å². The molecule has 0 radical (unpaired) electrons. The molecule has 0 unspecified atom stereocenters. The zero-order valence-corrected chi connectivity index (χ0v) is 8.95. The normalized spacial score (nSPS) is 9.57. The quantitative estimate of drug-likeness (QED) is 0.472. The molecule has 76 valence electrons. The number of nitrogens with zero attached hydrogens (tertiary/aromatic N) is 1. The summed E-state index contributed by atoms with van der Waals surface area (Å²) < 4.78 is 6.08. The largest absolute Gasteiger partial charge is 0.491 e. The highest BCUT2D eigenvalue weighted by Gasteiger charge is 1.99. The molecule has 0 saturated carbocycles. The van der Waals surface area contributed by atoms with Crippen molar-refractivity contribution >= 4 is 21.8 Å². The molecule has 0 saturated heterocycles. The van der Waals surface area contributed by atoms with Crippen LogP contribution in [0.4, 0.5) is 0 Å². The van der Waals surface area contributed by atoms with Gasteiger partial charge in [-0.1, -0.05) is 0 Å². The number of hydrazine groups is 1. The van der Waals surface area contributed by atoms with Crippen molar-refractivity contribution in [2.75, 3.05) is 6.61 Å². The van der Waals surface area contributed by atoms with E-state index in [0.717, 1.165) is 4.47 Å². The Morgan fingerprint density at radius 2 is 2.43 bits per heavy atom. The van der Waals surface area contributed by atoms with Crippen molar-refractivity contribution in [3.63, 3.8) is 0 Å². The molecule has 0 aromatic carbocycles. The van der Waals surface area contributed by atoms with E-state index < -0.39 is 0 Å². The van der Waals surface area contributed by atoms with Crippen molar-refractivity contribution in [2.45, 2.75) is 6.42 Å². The van der Waals surface area contributed by atoms with Crippen LogP contribution < -0.4 is 16.0 Å². The van der Waals surface area contributed by atoms with Crippen LogP contribution in [-0.4, -0.2) is 17.5 Å². The van der Waals surface area contributed by atoms with Crippen molar-refractivity contribution in [1.29, 1.82) is 0 Å². The molecule has 14 heavy (non-hydrogen) atoms. The number of amides is 1. The molecule has 5 nitrogen and oxygen atoms in total. The Kier molecular flexibility index (Phi) is 4.34. The number of nitrogens with one attached hydrogen (secondary N) is 1. The van der Waals surface area contributed by atoms with Crippen LogP contribution in [-0.2, 0) is 4.79 Å². The van der Waals surface area contributed by atoms with Crippen molar-refractivity contribution < 1.29 is 9.53 Å². The minimum Gasteiger partial charge on any atom is -0.491 e.